The fourth-order valence-corrected chi connectivity index (χ4v) is 0.989. The summed E-state index contributed by atoms with van der Waals surface area (Å²) in [7, 11) is 0. The Morgan fingerprint density at radius 1 is 1.50 bits per heavy atom. The molecule has 0 aliphatic heterocycles. The third kappa shape index (κ3) is 2.70. The van der Waals surface area contributed by atoms with E-state index in [1.165, 1.54) is 0 Å². The van der Waals surface area contributed by atoms with Crippen LogP contribution in [0, 0.1) is 6.92 Å². The maximum absolute atomic E-state index is 5.45. The molecule has 0 saturated carbocycles. The summed E-state index contributed by atoms with van der Waals surface area (Å²) in [6.45, 7) is 6.23. The quantitative estimate of drug-likeness (QED) is 0.769. The van der Waals surface area contributed by atoms with Gasteiger partial charge in [0.25, 0.3) is 0 Å². The van der Waals surface area contributed by atoms with Gasteiger partial charge in [0.15, 0.2) is 0 Å². The number of aryl methyl sites for hydroxylation is 1. The van der Waals surface area contributed by atoms with Gasteiger partial charge < -0.3 is 4.74 Å². The highest BCUT2D eigenvalue weighted by Gasteiger charge is 1.96. The molecule has 1 rings (SSSR count). The van der Waals surface area contributed by atoms with Gasteiger partial charge in [-0.05, 0) is 18.6 Å². The lowest BCUT2D eigenvalue weighted by Gasteiger charge is -2.06. The van der Waals surface area contributed by atoms with Crippen LogP contribution in [0.3, 0.4) is 0 Å². The molecule has 0 amide bonds. The van der Waals surface area contributed by atoms with E-state index in [1.807, 2.05) is 31.2 Å². The summed E-state index contributed by atoms with van der Waals surface area (Å²) in [5.41, 5.74) is 1.14. The first-order valence-corrected chi connectivity index (χ1v) is 4.51. The molecule has 64 valence electrons. The van der Waals surface area contributed by atoms with Gasteiger partial charge in [-0.2, -0.15) is 0 Å². The summed E-state index contributed by atoms with van der Waals surface area (Å²) in [6.07, 6.45) is 0. The Morgan fingerprint density at radius 2 is 2.17 bits per heavy atom. The van der Waals surface area contributed by atoms with Crippen LogP contribution in [0.25, 0.3) is 0 Å². The molecule has 1 nitrogen and oxygen atoms in total. The molecule has 0 aliphatic rings. The van der Waals surface area contributed by atoms with Gasteiger partial charge in [0.1, 0.15) is 12.4 Å². The van der Waals surface area contributed by atoms with Crippen molar-refractivity contribution < 1.29 is 4.74 Å². The highest BCUT2D eigenvalue weighted by Crippen LogP contribution is 2.17. The van der Waals surface area contributed by atoms with E-state index in [9.17, 15) is 0 Å². The summed E-state index contributed by atoms with van der Waals surface area (Å²) in [6, 6.07) is 7.92. The van der Waals surface area contributed by atoms with Gasteiger partial charge in [0.2, 0.25) is 0 Å². The molecule has 0 N–H and O–H groups in total. The van der Waals surface area contributed by atoms with Crippen molar-refractivity contribution in [2.24, 2.45) is 0 Å². The van der Waals surface area contributed by atoms with E-state index in [2.05, 4.69) is 22.5 Å². The van der Waals surface area contributed by atoms with Crippen molar-refractivity contribution in [3.63, 3.8) is 0 Å². The average molecular weight is 227 g/mol. The SMILES string of the molecule is C=C(Br)COc1ccccc1C. The zero-order valence-electron chi connectivity index (χ0n) is 7.01. The topological polar surface area (TPSA) is 9.23 Å². The molecule has 2 heteroatoms. The summed E-state index contributed by atoms with van der Waals surface area (Å²) in [4.78, 5) is 0. The van der Waals surface area contributed by atoms with E-state index < -0.39 is 0 Å². The van der Waals surface area contributed by atoms with Crippen molar-refractivity contribution in [1.82, 2.24) is 0 Å². The molecule has 0 atom stereocenters. The monoisotopic (exact) mass is 226 g/mol. The Hall–Kier alpha value is -0.760. The van der Waals surface area contributed by atoms with Crippen LogP contribution in [0.1, 0.15) is 5.56 Å². The van der Waals surface area contributed by atoms with Gasteiger partial charge in [-0.15, -0.1) is 0 Å². The predicted molar refractivity (Wildman–Crippen MR) is 54.7 cm³/mol. The van der Waals surface area contributed by atoms with Gasteiger partial charge in [-0.3, -0.25) is 0 Å². The van der Waals surface area contributed by atoms with Crippen molar-refractivity contribution in [3.05, 3.63) is 40.9 Å². The van der Waals surface area contributed by atoms with Crippen molar-refractivity contribution in [1.29, 1.82) is 0 Å². The summed E-state index contributed by atoms with van der Waals surface area (Å²) < 4.78 is 6.30. The van der Waals surface area contributed by atoms with Crippen LogP contribution in [-0.2, 0) is 0 Å². The number of hydrogen-bond donors (Lipinski definition) is 0. The molecule has 0 bridgehead atoms. The Kier molecular flexibility index (Phi) is 3.35. The molecule has 0 saturated heterocycles. The maximum Gasteiger partial charge on any atom is 0.122 e. The molecular formula is C10H11BrO. The summed E-state index contributed by atoms with van der Waals surface area (Å²) in [5, 5.41) is 0. The van der Waals surface area contributed by atoms with Crippen LogP contribution in [0.5, 0.6) is 5.75 Å². The van der Waals surface area contributed by atoms with Crippen molar-refractivity contribution in [2.45, 2.75) is 6.92 Å². The third-order valence-corrected chi connectivity index (χ3v) is 1.71. The number of rotatable bonds is 3. The Labute approximate surface area is 81.2 Å². The molecule has 1 aromatic carbocycles. The Balaban J connectivity index is 2.63. The maximum atomic E-state index is 5.45. The molecule has 0 aromatic heterocycles. The zero-order valence-corrected chi connectivity index (χ0v) is 8.60. The van der Waals surface area contributed by atoms with Gasteiger partial charge in [-0.25, -0.2) is 0 Å². The number of ether oxygens (including phenoxy) is 1. The van der Waals surface area contributed by atoms with Crippen molar-refractivity contribution >= 4 is 15.9 Å². The van der Waals surface area contributed by atoms with E-state index in [-0.39, 0.29) is 0 Å². The van der Waals surface area contributed by atoms with E-state index in [0.717, 1.165) is 15.8 Å². The molecule has 0 aliphatic carbocycles. The normalized spacial score (nSPS) is 9.50. The van der Waals surface area contributed by atoms with Crippen LogP contribution in [0.4, 0.5) is 0 Å². The molecule has 12 heavy (non-hydrogen) atoms. The zero-order chi connectivity index (χ0) is 8.97. The largest absolute Gasteiger partial charge is 0.488 e. The number of para-hydroxylation sites is 1. The van der Waals surface area contributed by atoms with Crippen LogP contribution in [0.2, 0.25) is 0 Å². The van der Waals surface area contributed by atoms with Crippen molar-refractivity contribution in [2.75, 3.05) is 6.61 Å². The lowest BCUT2D eigenvalue weighted by Crippen LogP contribution is -1.97. The number of halogens is 1. The third-order valence-electron chi connectivity index (χ3n) is 1.48. The fraction of sp³-hybridized carbons (Fsp3) is 0.200. The Bertz CT molecular complexity index is 281. The summed E-state index contributed by atoms with van der Waals surface area (Å²) in [5.74, 6) is 0.915. The first-order valence-electron chi connectivity index (χ1n) is 3.72. The van der Waals surface area contributed by atoms with E-state index in [1.54, 1.807) is 0 Å². The second kappa shape index (κ2) is 4.31. The van der Waals surface area contributed by atoms with Crippen LogP contribution in [0.15, 0.2) is 35.3 Å². The minimum absolute atomic E-state index is 0.519. The lowest BCUT2D eigenvalue weighted by molar-refractivity contribution is 0.358. The molecule has 0 heterocycles. The highest BCUT2D eigenvalue weighted by molar-refractivity contribution is 9.11. The van der Waals surface area contributed by atoms with Gasteiger partial charge in [-0.1, -0.05) is 40.7 Å². The minimum atomic E-state index is 0.519. The predicted octanol–water partition coefficient (Wildman–Crippen LogP) is 3.28. The molecular weight excluding hydrogens is 216 g/mol. The van der Waals surface area contributed by atoms with Crippen molar-refractivity contribution in [3.8, 4) is 5.75 Å². The molecule has 0 fully saturated rings. The Morgan fingerprint density at radius 3 is 2.75 bits per heavy atom. The van der Waals surface area contributed by atoms with Gasteiger partial charge in [0.05, 0.1) is 0 Å². The molecule has 1 aromatic rings. The van der Waals surface area contributed by atoms with Crippen LogP contribution >= 0.6 is 15.9 Å². The first kappa shape index (κ1) is 9.33. The first-order chi connectivity index (χ1) is 5.70. The molecule has 0 spiro atoms. The van der Waals surface area contributed by atoms with Gasteiger partial charge >= 0.3 is 0 Å². The van der Waals surface area contributed by atoms with E-state index in [4.69, 9.17) is 4.74 Å². The summed E-state index contributed by atoms with van der Waals surface area (Å²) >= 11 is 3.24. The van der Waals surface area contributed by atoms with E-state index >= 15 is 0 Å². The second-order valence-electron chi connectivity index (χ2n) is 2.57. The standard InChI is InChI=1S/C10H11BrO/c1-8-5-3-4-6-10(8)12-7-9(2)11/h3-6H,2,7H2,1H3. The second-order valence-corrected chi connectivity index (χ2v) is 3.69. The molecule has 0 unspecified atom stereocenters. The van der Waals surface area contributed by atoms with Gasteiger partial charge in [0, 0.05) is 4.48 Å². The van der Waals surface area contributed by atoms with E-state index in [0.29, 0.717) is 6.61 Å². The molecule has 0 radical (unpaired) electrons. The fourth-order valence-electron chi connectivity index (χ4n) is 0.874. The smallest absolute Gasteiger partial charge is 0.122 e. The number of hydrogen-bond acceptors (Lipinski definition) is 1. The van der Waals surface area contributed by atoms with Crippen LogP contribution in [-0.4, -0.2) is 6.61 Å². The highest BCUT2D eigenvalue weighted by atomic mass is 79.9. The van der Waals surface area contributed by atoms with Crippen LogP contribution < -0.4 is 4.74 Å². The number of benzene rings is 1. The average Bonchev–Trinajstić information content (AvgIpc) is 2.03. The lowest BCUT2D eigenvalue weighted by atomic mass is 10.2. The minimum Gasteiger partial charge on any atom is -0.488 e.